The first-order chi connectivity index (χ1) is 8.01. The highest BCUT2D eigenvalue weighted by Gasteiger charge is 2.18. The summed E-state index contributed by atoms with van der Waals surface area (Å²) in [5, 5.41) is 9.55. The maximum absolute atomic E-state index is 11.1. The number of esters is 2. The quantitative estimate of drug-likeness (QED) is 0.555. The van der Waals surface area contributed by atoms with Gasteiger partial charge in [0.25, 0.3) is 0 Å². The first-order valence-electron chi connectivity index (χ1n) is 5.32. The van der Waals surface area contributed by atoms with Crippen molar-refractivity contribution >= 4 is 11.9 Å². The Labute approximate surface area is 101 Å². The number of hydrogen-bond donors (Lipinski definition) is 1. The average molecular weight is 242 g/mol. The zero-order valence-electron chi connectivity index (χ0n) is 10.3. The third-order valence-electron chi connectivity index (χ3n) is 1.85. The molecule has 5 nitrogen and oxygen atoms in total. The van der Waals surface area contributed by atoms with Gasteiger partial charge in [0.15, 0.2) is 0 Å². The molecule has 0 aromatic carbocycles. The molecule has 0 amide bonds. The molecule has 0 spiro atoms. The predicted octanol–water partition coefficient (Wildman–Crippen LogP) is 0.974. The van der Waals surface area contributed by atoms with Crippen LogP contribution in [0.1, 0.15) is 20.8 Å². The minimum Gasteiger partial charge on any atom is -0.460 e. The molecular formula is C12H18O5. The van der Waals surface area contributed by atoms with Gasteiger partial charge in [-0.05, 0) is 20.8 Å². The molecule has 2 unspecified atom stereocenters. The number of aliphatic hydroxyl groups excluding tert-OH is 1. The number of ether oxygens (including phenoxy) is 2. The Kier molecular flexibility index (Phi) is 7.71. The van der Waals surface area contributed by atoms with E-state index in [-0.39, 0.29) is 6.61 Å². The smallest absolute Gasteiger partial charge is 0.330 e. The van der Waals surface area contributed by atoms with E-state index >= 15 is 0 Å². The fraction of sp³-hybridized carbons (Fsp3) is 0.500. The largest absolute Gasteiger partial charge is 0.460 e. The summed E-state index contributed by atoms with van der Waals surface area (Å²) in [5.74, 6) is -1.09. The van der Waals surface area contributed by atoms with Crippen molar-refractivity contribution in [1.29, 1.82) is 0 Å². The lowest BCUT2D eigenvalue weighted by molar-refractivity contribution is -0.153. The van der Waals surface area contributed by atoms with Crippen LogP contribution in [0.4, 0.5) is 0 Å². The molecule has 2 atom stereocenters. The lowest BCUT2D eigenvalue weighted by atomic mass is 10.2. The van der Waals surface area contributed by atoms with E-state index in [1.807, 2.05) is 0 Å². The molecule has 0 radical (unpaired) electrons. The van der Waals surface area contributed by atoms with Crippen LogP contribution in [0, 0.1) is 0 Å². The van der Waals surface area contributed by atoms with Crippen LogP contribution in [0.3, 0.4) is 0 Å². The summed E-state index contributed by atoms with van der Waals surface area (Å²) in [7, 11) is 0. The molecular weight excluding hydrogens is 224 g/mol. The number of aliphatic hydroxyl groups is 1. The van der Waals surface area contributed by atoms with Crippen LogP contribution in [0.25, 0.3) is 0 Å². The number of allylic oxidation sites excluding steroid dienone is 2. The van der Waals surface area contributed by atoms with Crippen molar-refractivity contribution in [3.05, 3.63) is 24.3 Å². The van der Waals surface area contributed by atoms with Crippen LogP contribution >= 0.6 is 0 Å². The molecule has 0 fully saturated rings. The average Bonchev–Trinajstić information content (AvgIpc) is 2.26. The van der Waals surface area contributed by atoms with Gasteiger partial charge in [0.1, 0.15) is 18.8 Å². The van der Waals surface area contributed by atoms with Gasteiger partial charge in [-0.15, -0.1) is 0 Å². The van der Waals surface area contributed by atoms with Gasteiger partial charge in [-0.25, -0.2) is 9.59 Å². The third-order valence-corrected chi connectivity index (χ3v) is 1.85. The van der Waals surface area contributed by atoms with Gasteiger partial charge in [-0.1, -0.05) is 12.2 Å². The van der Waals surface area contributed by atoms with Crippen LogP contribution in [-0.4, -0.2) is 35.9 Å². The van der Waals surface area contributed by atoms with Crippen molar-refractivity contribution < 1.29 is 24.2 Å². The molecule has 17 heavy (non-hydrogen) atoms. The third kappa shape index (κ3) is 7.30. The highest BCUT2D eigenvalue weighted by atomic mass is 16.6. The molecule has 0 heterocycles. The van der Waals surface area contributed by atoms with Gasteiger partial charge in [0.2, 0.25) is 0 Å². The standard InChI is InChI=1S/C12H18O5/c1-4-6-11(14)16-8-10(13)9(3)17-12(15)7-5-2/h4-7,9-10,13H,8H2,1-3H3/b6-4+,7-5+. The van der Waals surface area contributed by atoms with Crippen molar-refractivity contribution in [2.24, 2.45) is 0 Å². The monoisotopic (exact) mass is 242 g/mol. The van der Waals surface area contributed by atoms with Crippen molar-refractivity contribution in [3.8, 4) is 0 Å². The van der Waals surface area contributed by atoms with E-state index in [4.69, 9.17) is 9.47 Å². The Morgan fingerprint density at radius 1 is 1.18 bits per heavy atom. The fourth-order valence-electron chi connectivity index (χ4n) is 0.924. The molecule has 0 rings (SSSR count). The van der Waals surface area contributed by atoms with Crippen LogP contribution in [0.2, 0.25) is 0 Å². The van der Waals surface area contributed by atoms with Gasteiger partial charge in [-0.3, -0.25) is 0 Å². The molecule has 0 aliphatic heterocycles. The zero-order chi connectivity index (χ0) is 13.3. The Hall–Kier alpha value is -1.62. The van der Waals surface area contributed by atoms with E-state index in [0.717, 1.165) is 0 Å². The molecule has 96 valence electrons. The Morgan fingerprint density at radius 3 is 2.24 bits per heavy atom. The molecule has 0 aliphatic rings. The summed E-state index contributed by atoms with van der Waals surface area (Å²) in [4.78, 5) is 22.0. The summed E-state index contributed by atoms with van der Waals surface area (Å²) in [6.45, 7) is 4.67. The highest BCUT2D eigenvalue weighted by molar-refractivity contribution is 5.82. The number of carbonyl (C=O) groups is 2. The SMILES string of the molecule is C/C=C/C(=O)OCC(O)C(C)OC(=O)/C=C/C. The minimum atomic E-state index is -1.04. The highest BCUT2D eigenvalue weighted by Crippen LogP contribution is 2.01. The number of carbonyl (C=O) groups excluding carboxylic acids is 2. The zero-order valence-corrected chi connectivity index (χ0v) is 10.3. The molecule has 0 aliphatic carbocycles. The molecule has 1 N–H and O–H groups in total. The van der Waals surface area contributed by atoms with Crippen molar-refractivity contribution in [2.45, 2.75) is 33.0 Å². The van der Waals surface area contributed by atoms with E-state index in [2.05, 4.69) is 0 Å². The van der Waals surface area contributed by atoms with E-state index < -0.39 is 24.1 Å². The van der Waals surface area contributed by atoms with E-state index in [1.165, 1.54) is 31.2 Å². The molecule has 0 bridgehead atoms. The second-order valence-electron chi connectivity index (χ2n) is 3.34. The van der Waals surface area contributed by atoms with Crippen molar-refractivity contribution in [1.82, 2.24) is 0 Å². The number of rotatable bonds is 6. The summed E-state index contributed by atoms with van der Waals surface area (Å²) in [6, 6.07) is 0. The van der Waals surface area contributed by atoms with E-state index in [0.29, 0.717) is 0 Å². The van der Waals surface area contributed by atoms with Gasteiger partial charge in [-0.2, -0.15) is 0 Å². The summed E-state index contributed by atoms with van der Waals surface area (Å²) >= 11 is 0. The second-order valence-corrected chi connectivity index (χ2v) is 3.34. The van der Waals surface area contributed by atoms with Crippen LogP contribution in [0.5, 0.6) is 0 Å². The molecule has 0 saturated heterocycles. The van der Waals surface area contributed by atoms with Crippen molar-refractivity contribution in [2.75, 3.05) is 6.61 Å². The lowest BCUT2D eigenvalue weighted by Gasteiger charge is -2.18. The first-order valence-corrected chi connectivity index (χ1v) is 5.32. The predicted molar refractivity (Wildman–Crippen MR) is 62.1 cm³/mol. The Morgan fingerprint density at radius 2 is 1.71 bits per heavy atom. The van der Waals surface area contributed by atoms with Crippen LogP contribution in [-0.2, 0) is 19.1 Å². The van der Waals surface area contributed by atoms with Crippen LogP contribution in [0.15, 0.2) is 24.3 Å². The summed E-state index contributed by atoms with van der Waals surface area (Å²) < 4.78 is 9.58. The Balaban J connectivity index is 4.01. The molecule has 0 saturated carbocycles. The first kappa shape index (κ1) is 15.4. The normalized spacial score (nSPS) is 14.8. The summed E-state index contributed by atoms with van der Waals surface area (Å²) in [5.41, 5.74) is 0. The van der Waals surface area contributed by atoms with E-state index in [9.17, 15) is 14.7 Å². The maximum atomic E-state index is 11.1. The topological polar surface area (TPSA) is 72.8 Å². The van der Waals surface area contributed by atoms with Gasteiger partial charge < -0.3 is 14.6 Å². The minimum absolute atomic E-state index is 0.215. The second kappa shape index (κ2) is 8.52. The Bertz CT molecular complexity index is 306. The van der Waals surface area contributed by atoms with Gasteiger partial charge in [0, 0.05) is 12.2 Å². The van der Waals surface area contributed by atoms with Gasteiger partial charge in [0.05, 0.1) is 0 Å². The van der Waals surface area contributed by atoms with Gasteiger partial charge >= 0.3 is 11.9 Å². The molecule has 0 aromatic rings. The fourth-order valence-corrected chi connectivity index (χ4v) is 0.924. The summed E-state index contributed by atoms with van der Waals surface area (Å²) in [6.07, 6.45) is 3.77. The maximum Gasteiger partial charge on any atom is 0.330 e. The van der Waals surface area contributed by atoms with Crippen molar-refractivity contribution in [3.63, 3.8) is 0 Å². The molecule has 5 heteroatoms. The lowest BCUT2D eigenvalue weighted by Crippen LogP contribution is -2.32. The van der Waals surface area contributed by atoms with Crippen LogP contribution < -0.4 is 0 Å². The van der Waals surface area contributed by atoms with E-state index in [1.54, 1.807) is 13.8 Å². The molecule has 0 aromatic heterocycles. The number of hydrogen-bond acceptors (Lipinski definition) is 5.